The summed E-state index contributed by atoms with van der Waals surface area (Å²) >= 11 is 0. The second-order valence-electron chi connectivity index (χ2n) is 4.91. The Morgan fingerprint density at radius 1 is 1.44 bits per heavy atom. The third-order valence-electron chi connectivity index (χ3n) is 3.84. The van der Waals surface area contributed by atoms with Gasteiger partial charge in [-0.25, -0.2) is 0 Å². The minimum atomic E-state index is 0.378. The van der Waals surface area contributed by atoms with Crippen molar-refractivity contribution in [1.82, 2.24) is 4.90 Å². The van der Waals surface area contributed by atoms with Crippen molar-refractivity contribution in [3.8, 4) is 5.75 Å². The van der Waals surface area contributed by atoms with Gasteiger partial charge in [0.25, 0.3) is 0 Å². The monoisotopic (exact) mass is 249 g/mol. The van der Waals surface area contributed by atoms with Crippen LogP contribution in [0, 0.1) is 0 Å². The molecule has 0 saturated carbocycles. The summed E-state index contributed by atoms with van der Waals surface area (Å²) in [7, 11) is 1.74. The lowest BCUT2D eigenvalue weighted by atomic mass is 9.86. The number of likely N-dealkylation sites (N-methyl/N-ethyl adjacent to an activating group) is 1. The molecule has 0 radical (unpaired) electrons. The van der Waals surface area contributed by atoms with Gasteiger partial charge in [-0.05, 0) is 49.1 Å². The van der Waals surface area contributed by atoms with Crippen molar-refractivity contribution in [3.05, 3.63) is 29.3 Å². The Bertz CT molecular complexity index is 392. The van der Waals surface area contributed by atoms with Crippen LogP contribution in [-0.2, 0) is 11.2 Å². The van der Waals surface area contributed by atoms with Gasteiger partial charge in [0, 0.05) is 19.7 Å². The van der Waals surface area contributed by atoms with Crippen molar-refractivity contribution < 1.29 is 9.84 Å². The van der Waals surface area contributed by atoms with Crippen molar-refractivity contribution in [2.45, 2.75) is 32.2 Å². The Balaban J connectivity index is 2.21. The molecule has 0 heterocycles. The highest BCUT2D eigenvalue weighted by molar-refractivity contribution is 5.38. The second-order valence-corrected chi connectivity index (χ2v) is 4.91. The zero-order valence-corrected chi connectivity index (χ0v) is 11.4. The molecule has 2 rings (SSSR count). The van der Waals surface area contributed by atoms with Gasteiger partial charge in [0.05, 0.1) is 6.61 Å². The Kier molecular flexibility index (Phi) is 4.61. The van der Waals surface area contributed by atoms with Crippen molar-refractivity contribution in [3.63, 3.8) is 0 Å². The van der Waals surface area contributed by atoms with Crippen LogP contribution >= 0.6 is 0 Å². The molecule has 0 fully saturated rings. The Labute approximate surface area is 109 Å². The van der Waals surface area contributed by atoms with E-state index in [2.05, 4.69) is 17.9 Å². The molecule has 0 spiro atoms. The number of phenolic OH excluding ortho intramolecular Hbond substituents is 1. The quantitative estimate of drug-likeness (QED) is 0.871. The van der Waals surface area contributed by atoms with Crippen LogP contribution in [0.1, 0.15) is 36.9 Å². The summed E-state index contributed by atoms with van der Waals surface area (Å²) < 4.78 is 5.19. The fourth-order valence-electron chi connectivity index (χ4n) is 2.88. The highest BCUT2D eigenvalue weighted by Gasteiger charge is 2.25. The maximum atomic E-state index is 9.69. The number of phenols is 1. The maximum absolute atomic E-state index is 9.69. The summed E-state index contributed by atoms with van der Waals surface area (Å²) in [5.41, 5.74) is 2.69. The fourth-order valence-corrected chi connectivity index (χ4v) is 2.88. The highest BCUT2D eigenvalue weighted by Crippen LogP contribution is 2.35. The van der Waals surface area contributed by atoms with E-state index < -0.39 is 0 Å². The van der Waals surface area contributed by atoms with E-state index in [9.17, 15) is 5.11 Å². The van der Waals surface area contributed by atoms with E-state index in [1.165, 1.54) is 24.0 Å². The number of fused-ring (bicyclic) bond motifs is 1. The summed E-state index contributed by atoms with van der Waals surface area (Å²) in [4.78, 5) is 2.45. The molecule has 1 atom stereocenters. The molecule has 1 aliphatic carbocycles. The first-order valence-corrected chi connectivity index (χ1v) is 6.81. The SMILES string of the molecule is CCN(CCOC)C1CCCc2ccc(O)cc21. The molecule has 0 aliphatic heterocycles. The number of methoxy groups -OCH3 is 1. The minimum absolute atomic E-state index is 0.378. The number of benzene rings is 1. The molecular weight excluding hydrogens is 226 g/mol. The average Bonchev–Trinajstić information content (AvgIpc) is 2.40. The molecule has 18 heavy (non-hydrogen) atoms. The van der Waals surface area contributed by atoms with Crippen molar-refractivity contribution in [2.75, 3.05) is 26.8 Å². The van der Waals surface area contributed by atoms with Crippen LogP contribution in [0.25, 0.3) is 0 Å². The molecule has 1 aromatic carbocycles. The first kappa shape index (κ1) is 13.4. The molecule has 100 valence electrons. The number of nitrogens with zero attached hydrogens (tertiary/aromatic N) is 1. The van der Waals surface area contributed by atoms with Crippen molar-refractivity contribution in [2.24, 2.45) is 0 Å². The Morgan fingerprint density at radius 3 is 3.00 bits per heavy atom. The van der Waals surface area contributed by atoms with Crippen LogP contribution in [0.2, 0.25) is 0 Å². The van der Waals surface area contributed by atoms with Crippen LogP contribution in [0.5, 0.6) is 5.75 Å². The van der Waals surface area contributed by atoms with E-state index in [4.69, 9.17) is 4.74 Å². The third kappa shape index (κ3) is 2.85. The Morgan fingerprint density at radius 2 is 2.28 bits per heavy atom. The minimum Gasteiger partial charge on any atom is -0.508 e. The third-order valence-corrected chi connectivity index (χ3v) is 3.84. The van der Waals surface area contributed by atoms with E-state index in [-0.39, 0.29) is 0 Å². The van der Waals surface area contributed by atoms with Gasteiger partial charge >= 0.3 is 0 Å². The number of aromatic hydroxyl groups is 1. The van der Waals surface area contributed by atoms with E-state index in [0.717, 1.165) is 26.1 Å². The van der Waals surface area contributed by atoms with Gasteiger partial charge in [0.15, 0.2) is 0 Å². The van der Waals surface area contributed by atoms with E-state index >= 15 is 0 Å². The summed E-state index contributed by atoms with van der Waals surface area (Å²) in [5, 5.41) is 9.69. The van der Waals surface area contributed by atoms with Crippen molar-refractivity contribution >= 4 is 0 Å². The van der Waals surface area contributed by atoms with Gasteiger partial charge in [-0.2, -0.15) is 0 Å². The van der Waals surface area contributed by atoms with E-state index in [1.807, 2.05) is 6.07 Å². The van der Waals surface area contributed by atoms with Crippen molar-refractivity contribution in [1.29, 1.82) is 0 Å². The second kappa shape index (κ2) is 6.21. The molecule has 3 nitrogen and oxygen atoms in total. The maximum Gasteiger partial charge on any atom is 0.115 e. The zero-order chi connectivity index (χ0) is 13.0. The topological polar surface area (TPSA) is 32.7 Å². The Hall–Kier alpha value is -1.06. The predicted molar refractivity (Wildman–Crippen MR) is 72.9 cm³/mol. The highest BCUT2D eigenvalue weighted by atomic mass is 16.5. The molecule has 1 aliphatic rings. The molecular formula is C15H23NO2. The molecule has 0 bridgehead atoms. The first-order valence-electron chi connectivity index (χ1n) is 6.81. The largest absolute Gasteiger partial charge is 0.508 e. The van der Waals surface area contributed by atoms with Gasteiger partial charge in [-0.1, -0.05) is 13.0 Å². The first-order chi connectivity index (χ1) is 8.76. The van der Waals surface area contributed by atoms with Crippen LogP contribution in [0.15, 0.2) is 18.2 Å². The number of rotatable bonds is 5. The number of hydrogen-bond acceptors (Lipinski definition) is 3. The lowest BCUT2D eigenvalue weighted by Crippen LogP contribution is -2.33. The molecule has 0 aromatic heterocycles. The van der Waals surface area contributed by atoms with E-state index in [1.54, 1.807) is 13.2 Å². The molecule has 0 amide bonds. The average molecular weight is 249 g/mol. The molecule has 1 aromatic rings. The smallest absolute Gasteiger partial charge is 0.115 e. The standard InChI is InChI=1S/C15H23NO2/c1-3-16(9-10-18-2)15-6-4-5-12-7-8-13(17)11-14(12)15/h7-8,11,15,17H,3-6,9-10H2,1-2H3. The summed E-state index contributed by atoms with van der Waals surface area (Å²) in [6.45, 7) is 4.92. The normalized spacial score (nSPS) is 18.9. The summed E-state index contributed by atoms with van der Waals surface area (Å²) in [6.07, 6.45) is 3.54. The lowest BCUT2D eigenvalue weighted by molar-refractivity contribution is 0.116. The van der Waals surface area contributed by atoms with Crippen LogP contribution in [0.3, 0.4) is 0 Å². The van der Waals surface area contributed by atoms with Crippen LogP contribution < -0.4 is 0 Å². The molecule has 1 N–H and O–H groups in total. The lowest BCUT2D eigenvalue weighted by Gasteiger charge is -2.35. The number of aryl methyl sites for hydroxylation is 1. The van der Waals surface area contributed by atoms with Gasteiger partial charge in [0.2, 0.25) is 0 Å². The van der Waals surface area contributed by atoms with Gasteiger partial charge < -0.3 is 9.84 Å². The van der Waals surface area contributed by atoms with Crippen LogP contribution in [-0.4, -0.2) is 36.8 Å². The molecule has 0 saturated heterocycles. The summed E-state index contributed by atoms with van der Waals surface area (Å²) in [6, 6.07) is 6.24. The molecule has 3 heteroatoms. The predicted octanol–water partition coefficient (Wildman–Crippen LogP) is 2.74. The molecule has 1 unspecified atom stereocenters. The van der Waals surface area contributed by atoms with Gasteiger partial charge in [-0.3, -0.25) is 4.90 Å². The summed E-state index contributed by atoms with van der Waals surface area (Å²) in [5.74, 6) is 0.378. The fraction of sp³-hybridized carbons (Fsp3) is 0.600. The zero-order valence-electron chi connectivity index (χ0n) is 11.4. The number of ether oxygens (including phenoxy) is 1. The van der Waals surface area contributed by atoms with Crippen LogP contribution in [0.4, 0.5) is 0 Å². The number of hydrogen-bond donors (Lipinski definition) is 1. The van der Waals surface area contributed by atoms with Gasteiger partial charge in [-0.15, -0.1) is 0 Å². The van der Waals surface area contributed by atoms with Gasteiger partial charge in [0.1, 0.15) is 5.75 Å². The van der Waals surface area contributed by atoms with E-state index in [0.29, 0.717) is 11.8 Å².